The molecule has 1 N–H and O–H groups in total. The molecular weight excluding hydrogens is 328 g/mol. The van der Waals surface area contributed by atoms with E-state index in [1.54, 1.807) is 37.7 Å². The molecule has 0 radical (unpaired) electrons. The zero-order chi connectivity index (χ0) is 14.0. The maximum Gasteiger partial charge on any atom is 0.161 e. The number of aliphatic hydroxyl groups excluding tert-OH is 1. The fourth-order valence-corrected chi connectivity index (χ4v) is 3.20. The molecule has 0 saturated carbocycles. The summed E-state index contributed by atoms with van der Waals surface area (Å²) in [5.41, 5.74) is 1.68. The summed E-state index contributed by atoms with van der Waals surface area (Å²) in [6.07, 6.45) is -0.680. The Bertz CT molecular complexity index is 580. The van der Waals surface area contributed by atoms with Crippen molar-refractivity contribution in [2.45, 2.75) is 13.0 Å². The van der Waals surface area contributed by atoms with E-state index < -0.39 is 6.10 Å². The first-order valence-electron chi connectivity index (χ1n) is 5.72. The van der Waals surface area contributed by atoms with Crippen LogP contribution < -0.4 is 9.47 Å². The molecule has 1 heterocycles. The van der Waals surface area contributed by atoms with E-state index in [9.17, 15) is 5.11 Å². The van der Waals surface area contributed by atoms with Crippen LogP contribution in [0.5, 0.6) is 11.5 Å². The topological polar surface area (TPSA) is 38.7 Å². The molecule has 0 spiro atoms. The summed E-state index contributed by atoms with van der Waals surface area (Å²) in [4.78, 5) is 1.11. The molecular formula is C14H15BrO3S. The summed E-state index contributed by atoms with van der Waals surface area (Å²) in [7, 11) is 3.17. The number of benzene rings is 1. The Balaban J connectivity index is 2.48. The Morgan fingerprint density at radius 3 is 2.32 bits per heavy atom. The highest BCUT2D eigenvalue weighted by Gasteiger charge is 2.19. The zero-order valence-electron chi connectivity index (χ0n) is 10.9. The van der Waals surface area contributed by atoms with Gasteiger partial charge in [-0.05, 0) is 36.1 Å². The minimum Gasteiger partial charge on any atom is -0.493 e. The summed E-state index contributed by atoms with van der Waals surface area (Å²) >= 11 is 5.09. The number of hydrogen-bond donors (Lipinski definition) is 1. The van der Waals surface area contributed by atoms with E-state index in [2.05, 4.69) is 15.9 Å². The molecule has 0 fully saturated rings. The van der Waals surface area contributed by atoms with Crippen LogP contribution in [0.3, 0.4) is 0 Å². The van der Waals surface area contributed by atoms with Crippen molar-refractivity contribution in [3.8, 4) is 11.5 Å². The number of thiophene rings is 1. The fourth-order valence-electron chi connectivity index (χ4n) is 1.93. The molecule has 1 atom stereocenters. The Hall–Kier alpha value is -1.04. The molecule has 19 heavy (non-hydrogen) atoms. The molecule has 1 aromatic heterocycles. The highest BCUT2D eigenvalue weighted by molar-refractivity contribution is 9.10. The van der Waals surface area contributed by atoms with Crippen molar-refractivity contribution in [1.82, 2.24) is 0 Å². The van der Waals surface area contributed by atoms with Crippen LogP contribution in [-0.4, -0.2) is 19.3 Å². The van der Waals surface area contributed by atoms with Gasteiger partial charge in [-0.1, -0.05) is 15.9 Å². The minimum atomic E-state index is -0.680. The molecule has 102 valence electrons. The lowest BCUT2D eigenvalue weighted by Crippen LogP contribution is -2.02. The van der Waals surface area contributed by atoms with Gasteiger partial charge in [0.2, 0.25) is 0 Å². The van der Waals surface area contributed by atoms with Gasteiger partial charge in [-0.2, -0.15) is 0 Å². The van der Waals surface area contributed by atoms with Crippen molar-refractivity contribution >= 4 is 27.3 Å². The number of aliphatic hydroxyl groups is 1. The smallest absolute Gasteiger partial charge is 0.161 e. The highest BCUT2D eigenvalue weighted by atomic mass is 79.9. The molecule has 0 aliphatic heterocycles. The van der Waals surface area contributed by atoms with Crippen LogP contribution >= 0.6 is 27.3 Å². The van der Waals surface area contributed by atoms with Gasteiger partial charge >= 0.3 is 0 Å². The third kappa shape index (κ3) is 2.78. The van der Waals surface area contributed by atoms with Crippen LogP contribution in [0.25, 0.3) is 0 Å². The first-order chi connectivity index (χ1) is 9.08. The van der Waals surface area contributed by atoms with E-state index in [-0.39, 0.29) is 0 Å². The average Bonchev–Trinajstić information content (AvgIpc) is 2.83. The van der Waals surface area contributed by atoms with Crippen LogP contribution in [0.4, 0.5) is 0 Å². The number of halogens is 1. The molecule has 0 aliphatic carbocycles. The maximum atomic E-state index is 10.5. The van der Waals surface area contributed by atoms with E-state index in [0.717, 1.165) is 20.5 Å². The van der Waals surface area contributed by atoms with E-state index in [0.29, 0.717) is 11.5 Å². The summed E-state index contributed by atoms with van der Waals surface area (Å²) in [5, 5.41) is 12.5. The van der Waals surface area contributed by atoms with Crippen LogP contribution in [0.2, 0.25) is 0 Å². The molecule has 5 heteroatoms. The first-order valence-corrected chi connectivity index (χ1v) is 7.39. The fraction of sp³-hybridized carbons (Fsp3) is 0.286. The van der Waals surface area contributed by atoms with Gasteiger partial charge in [0, 0.05) is 14.9 Å². The van der Waals surface area contributed by atoms with Crippen molar-refractivity contribution in [2.24, 2.45) is 0 Å². The summed E-state index contributed by atoms with van der Waals surface area (Å²) < 4.78 is 11.3. The SMILES string of the molecule is COc1cc(Br)c(C(O)c2ccsc2C)cc1OC. The number of hydrogen-bond acceptors (Lipinski definition) is 4. The summed E-state index contributed by atoms with van der Waals surface area (Å²) in [6, 6.07) is 5.54. The predicted molar refractivity (Wildman–Crippen MR) is 80.4 cm³/mol. The molecule has 1 unspecified atom stereocenters. The van der Waals surface area contributed by atoms with E-state index in [4.69, 9.17) is 9.47 Å². The van der Waals surface area contributed by atoms with Gasteiger partial charge in [0.1, 0.15) is 6.10 Å². The molecule has 1 aromatic carbocycles. The quantitative estimate of drug-likeness (QED) is 0.915. The van der Waals surface area contributed by atoms with Gasteiger partial charge in [0.25, 0.3) is 0 Å². The average molecular weight is 343 g/mol. The third-order valence-electron chi connectivity index (χ3n) is 2.99. The van der Waals surface area contributed by atoms with Crippen LogP contribution in [0.15, 0.2) is 28.1 Å². The van der Waals surface area contributed by atoms with E-state index >= 15 is 0 Å². The zero-order valence-corrected chi connectivity index (χ0v) is 13.3. The minimum absolute atomic E-state index is 0.604. The molecule has 2 aromatic rings. The highest BCUT2D eigenvalue weighted by Crippen LogP contribution is 2.39. The van der Waals surface area contributed by atoms with Crippen molar-refractivity contribution in [3.05, 3.63) is 44.1 Å². The Kier molecular flexibility index (Phi) is 4.50. The second-order valence-corrected chi connectivity index (χ2v) is 6.04. The van der Waals surface area contributed by atoms with Gasteiger partial charge in [-0.3, -0.25) is 0 Å². The number of methoxy groups -OCH3 is 2. The van der Waals surface area contributed by atoms with Gasteiger partial charge in [-0.25, -0.2) is 0 Å². The number of ether oxygens (including phenoxy) is 2. The molecule has 3 nitrogen and oxygen atoms in total. The molecule has 0 bridgehead atoms. The maximum absolute atomic E-state index is 10.5. The Morgan fingerprint density at radius 1 is 1.16 bits per heavy atom. The largest absolute Gasteiger partial charge is 0.493 e. The molecule has 0 aliphatic rings. The first kappa shape index (κ1) is 14.4. The third-order valence-corrected chi connectivity index (χ3v) is 4.54. The van der Waals surface area contributed by atoms with Gasteiger partial charge in [0.05, 0.1) is 14.2 Å². The van der Waals surface area contributed by atoms with Gasteiger partial charge < -0.3 is 14.6 Å². The predicted octanol–water partition coefficient (Wildman–Crippen LogP) is 3.92. The lowest BCUT2D eigenvalue weighted by atomic mass is 10.0. The van der Waals surface area contributed by atoms with E-state index in [1.807, 2.05) is 18.4 Å². The number of aryl methyl sites for hydroxylation is 1. The lowest BCUT2D eigenvalue weighted by molar-refractivity contribution is 0.218. The van der Waals surface area contributed by atoms with Gasteiger partial charge in [0.15, 0.2) is 11.5 Å². The standard InChI is InChI=1S/C14H15BrO3S/c1-8-9(4-5-19-8)14(16)10-6-12(17-2)13(18-3)7-11(10)15/h4-7,14,16H,1-3H3. The Labute approximate surface area is 124 Å². The lowest BCUT2D eigenvalue weighted by Gasteiger charge is -2.16. The summed E-state index contributed by atoms with van der Waals surface area (Å²) in [5.74, 6) is 1.24. The van der Waals surface area contributed by atoms with Crippen LogP contribution in [0.1, 0.15) is 22.1 Å². The summed E-state index contributed by atoms with van der Waals surface area (Å²) in [6.45, 7) is 2.00. The Morgan fingerprint density at radius 2 is 1.79 bits per heavy atom. The van der Waals surface area contributed by atoms with Gasteiger partial charge in [-0.15, -0.1) is 11.3 Å². The van der Waals surface area contributed by atoms with Crippen LogP contribution in [0, 0.1) is 6.92 Å². The van der Waals surface area contributed by atoms with E-state index in [1.165, 1.54) is 0 Å². The molecule has 0 saturated heterocycles. The van der Waals surface area contributed by atoms with Crippen molar-refractivity contribution in [1.29, 1.82) is 0 Å². The second kappa shape index (κ2) is 5.94. The number of rotatable bonds is 4. The molecule has 0 amide bonds. The van der Waals surface area contributed by atoms with Crippen molar-refractivity contribution < 1.29 is 14.6 Å². The van der Waals surface area contributed by atoms with Crippen molar-refractivity contribution in [3.63, 3.8) is 0 Å². The van der Waals surface area contributed by atoms with Crippen LogP contribution in [-0.2, 0) is 0 Å². The normalized spacial score (nSPS) is 12.3. The second-order valence-electron chi connectivity index (χ2n) is 4.06. The van der Waals surface area contributed by atoms with Crippen molar-refractivity contribution in [2.75, 3.05) is 14.2 Å². The molecule has 2 rings (SSSR count). The monoisotopic (exact) mass is 342 g/mol.